The first-order chi connectivity index (χ1) is 13.0. The Hall–Kier alpha value is -3.61. The molecular formula is C20H18N4O3. The third kappa shape index (κ3) is 3.15. The maximum absolute atomic E-state index is 12.5. The molecule has 7 heteroatoms. The summed E-state index contributed by atoms with van der Waals surface area (Å²) in [6.07, 6.45) is 5.32. The smallest absolute Gasteiger partial charge is 0.260 e. The summed E-state index contributed by atoms with van der Waals surface area (Å²) in [6, 6.07) is 9.60. The fourth-order valence-corrected chi connectivity index (χ4v) is 2.89. The highest BCUT2D eigenvalue weighted by atomic mass is 16.5. The first-order valence-corrected chi connectivity index (χ1v) is 8.41. The van der Waals surface area contributed by atoms with Crippen molar-refractivity contribution in [3.8, 4) is 17.0 Å². The summed E-state index contributed by atoms with van der Waals surface area (Å²) in [6.45, 7) is 3.72. The molecule has 1 N–H and O–H groups in total. The number of carbonyl (C=O) groups is 1. The number of hydrogen-bond acceptors (Lipinski definition) is 5. The van der Waals surface area contributed by atoms with Crippen molar-refractivity contribution in [2.24, 2.45) is 0 Å². The van der Waals surface area contributed by atoms with E-state index >= 15 is 0 Å². The lowest BCUT2D eigenvalue weighted by atomic mass is 10.1. The van der Waals surface area contributed by atoms with Crippen LogP contribution >= 0.6 is 0 Å². The third-order valence-corrected chi connectivity index (χ3v) is 4.35. The number of carbonyl (C=O) groups excluding carboxylic acids is 1. The van der Waals surface area contributed by atoms with Crippen molar-refractivity contribution in [1.29, 1.82) is 0 Å². The normalized spacial score (nSPS) is 10.9. The number of fused-ring (bicyclic) bond motifs is 1. The SMILES string of the molecule is COc1ccc(-c2cn3ccc(C)cc3n2)cc1NC(=O)c1cnoc1C. The fraction of sp³-hybridized carbons (Fsp3) is 0.150. The van der Waals surface area contributed by atoms with E-state index in [0.717, 1.165) is 22.5 Å². The molecule has 1 aromatic carbocycles. The zero-order chi connectivity index (χ0) is 19.0. The zero-order valence-electron chi connectivity index (χ0n) is 15.2. The Morgan fingerprint density at radius 2 is 2.07 bits per heavy atom. The van der Waals surface area contributed by atoms with Gasteiger partial charge in [0, 0.05) is 18.0 Å². The van der Waals surface area contributed by atoms with Crippen molar-refractivity contribution in [3.05, 3.63) is 65.8 Å². The summed E-state index contributed by atoms with van der Waals surface area (Å²) in [5.41, 5.74) is 4.62. The van der Waals surface area contributed by atoms with Crippen molar-refractivity contribution >= 4 is 17.2 Å². The zero-order valence-corrected chi connectivity index (χ0v) is 15.2. The second-order valence-electron chi connectivity index (χ2n) is 6.26. The number of nitrogens with one attached hydrogen (secondary N) is 1. The minimum absolute atomic E-state index is 0.310. The second kappa shape index (κ2) is 6.60. The number of nitrogens with zero attached hydrogens (tertiary/aromatic N) is 3. The largest absolute Gasteiger partial charge is 0.495 e. The van der Waals surface area contributed by atoms with E-state index in [1.54, 1.807) is 20.1 Å². The molecule has 0 atom stereocenters. The lowest BCUT2D eigenvalue weighted by Crippen LogP contribution is -2.13. The van der Waals surface area contributed by atoms with Crippen LogP contribution in [0.3, 0.4) is 0 Å². The molecule has 0 bridgehead atoms. The van der Waals surface area contributed by atoms with Crippen LogP contribution in [-0.2, 0) is 0 Å². The van der Waals surface area contributed by atoms with Crippen LogP contribution in [0.1, 0.15) is 21.7 Å². The van der Waals surface area contributed by atoms with Crippen LogP contribution in [0.4, 0.5) is 5.69 Å². The number of hydrogen-bond donors (Lipinski definition) is 1. The van der Waals surface area contributed by atoms with Gasteiger partial charge in [0.2, 0.25) is 0 Å². The van der Waals surface area contributed by atoms with Crippen LogP contribution in [0, 0.1) is 13.8 Å². The van der Waals surface area contributed by atoms with Gasteiger partial charge in [0.1, 0.15) is 22.7 Å². The van der Waals surface area contributed by atoms with Gasteiger partial charge in [0.05, 0.1) is 24.7 Å². The predicted octanol–water partition coefficient (Wildman–Crippen LogP) is 3.87. The number of aromatic nitrogens is 3. The summed E-state index contributed by atoms with van der Waals surface area (Å²) in [7, 11) is 1.56. The summed E-state index contributed by atoms with van der Waals surface area (Å²) < 4.78 is 12.3. The Bertz CT molecular complexity index is 1140. The third-order valence-electron chi connectivity index (χ3n) is 4.35. The van der Waals surface area contributed by atoms with Crippen LogP contribution in [0.5, 0.6) is 5.75 Å². The molecule has 4 aromatic rings. The molecule has 4 rings (SSSR count). The van der Waals surface area contributed by atoms with Gasteiger partial charge in [0.25, 0.3) is 5.91 Å². The van der Waals surface area contributed by atoms with E-state index in [1.165, 1.54) is 6.20 Å². The van der Waals surface area contributed by atoms with Crippen LogP contribution in [0.2, 0.25) is 0 Å². The van der Waals surface area contributed by atoms with Gasteiger partial charge in [0.15, 0.2) is 0 Å². The minimum atomic E-state index is -0.310. The summed E-state index contributed by atoms with van der Waals surface area (Å²) in [4.78, 5) is 17.2. The maximum atomic E-state index is 12.5. The predicted molar refractivity (Wildman–Crippen MR) is 101 cm³/mol. The van der Waals surface area contributed by atoms with E-state index < -0.39 is 0 Å². The Kier molecular flexibility index (Phi) is 4.12. The molecule has 0 unspecified atom stereocenters. The monoisotopic (exact) mass is 362 g/mol. The van der Waals surface area contributed by atoms with Crippen LogP contribution in [0.15, 0.2) is 53.4 Å². The molecule has 0 aliphatic rings. The Labute approximate surface area is 155 Å². The van der Waals surface area contributed by atoms with E-state index in [-0.39, 0.29) is 5.91 Å². The van der Waals surface area contributed by atoms with Crippen molar-refractivity contribution in [3.63, 3.8) is 0 Å². The van der Waals surface area contributed by atoms with Crippen molar-refractivity contribution < 1.29 is 14.1 Å². The molecule has 0 radical (unpaired) electrons. The highest BCUT2D eigenvalue weighted by Gasteiger charge is 2.16. The molecule has 3 heterocycles. The second-order valence-corrected chi connectivity index (χ2v) is 6.26. The molecule has 27 heavy (non-hydrogen) atoms. The first kappa shape index (κ1) is 16.8. The summed E-state index contributed by atoms with van der Waals surface area (Å²) >= 11 is 0. The number of methoxy groups -OCH3 is 1. The molecule has 0 saturated heterocycles. The van der Waals surface area contributed by atoms with Crippen LogP contribution in [-0.4, -0.2) is 27.6 Å². The van der Waals surface area contributed by atoms with Gasteiger partial charge >= 0.3 is 0 Å². The first-order valence-electron chi connectivity index (χ1n) is 8.41. The van der Waals surface area contributed by atoms with E-state index in [0.29, 0.717) is 22.8 Å². The average Bonchev–Trinajstić information content (AvgIpc) is 3.27. The van der Waals surface area contributed by atoms with Gasteiger partial charge in [-0.15, -0.1) is 0 Å². The summed E-state index contributed by atoms with van der Waals surface area (Å²) in [5, 5.41) is 6.50. The van der Waals surface area contributed by atoms with Gasteiger partial charge in [-0.3, -0.25) is 4.79 Å². The van der Waals surface area contributed by atoms with E-state index in [2.05, 4.69) is 15.5 Å². The number of benzene rings is 1. The summed E-state index contributed by atoms with van der Waals surface area (Å²) in [5.74, 6) is 0.703. The standard InChI is InChI=1S/C20H18N4O3/c1-12-6-7-24-11-17(22-19(24)8-12)14-4-5-18(26-3)16(9-14)23-20(25)15-10-21-27-13(15)2/h4-11H,1-3H3,(H,23,25). The van der Waals surface area contributed by atoms with Crippen LogP contribution < -0.4 is 10.1 Å². The number of imidazole rings is 1. The number of aryl methyl sites for hydroxylation is 2. The number of amides is 1. The number of anilines is 1. The minimum Gasteiger partial charge on any atom is -0.495 e. The van der Waals surface area contributed by atoms with Crippen molar-refractivity contribution in [2.45, 2.75) is 13.8 Å². The lowest BCUT2D eigenvalue weighted by molar-refractivity contribution is 0.102. The molecule has 0 aliphatic heterocycles. The van der Waals surface area contributed by atoms with E-state index in [9.17, 15) is 4.79 Å². The number of rotatable bonds is 4. The molecular weight excluding hydrogens is 344 g/mol. The van der Waals surface area contributed by atoms with Crippen molar-refractivity contribution in [2.75, 3.05) is 12.4 Å². The molecule has 1 amide bonds. The topological polar surface area (TPSA) is 81.7 Å². The van der Waals surface area contributed by atoms with E-state index in [1.807, 2.05) is 48.0 Å². The Morgan fingerprint density at radius 3 is 2.81 bits per heavy atom. The lowest BCUT2D eigenvalue weighted by Gasteiger charge is -2.11. The molecule has 7 nitrogen and oxygen atoms in total. The molecule has 0 saturated carbocycles. The number of pyridine rings is 1. The molecule has 0 aliphatic carbocycles. The molecule has 136 valence electrons. The quantitative estimate of drug-likeness (QED) is 0.596. The van der Waals surface area contributed by atoms with Crippen LogP contribution in [0.25, 0.3) is 16.9 Å². The molecule has 3 aromatic heterocycles. The van der Waals surface area contributed by atoms with E-state index in [4.69, 9.17) is 9.26 Å². The van der Waals surface area contributed by atoms with Gasteiger partial charge < -0.3 is 19.0 Å². The van der Waals surface area contributed by atoms with Crippen molar-refractivity contribution in [1.82, 2.24) is 14.5 Å². The average molecular weight is 362 g/mol. The maximum Gasteiger partial charge on any atom is 0.260 e. The van der Waals surface area contributed by atoms with Gasteiger partial charge in [-0.25, -0.2) is 4.98 Å². The molecule has 0 spiro atoms. The Morgan fingerprint density at radius 1 is 1.22 bits per heavy atom. The fourth-order valence-electron chi connectivity index (χ4n) is 2.89. The van der Waals surface area contributed by atoms with Gasteiger partial charge in [-0.05, 0) is 49.7 Å². The highest BCUT2D eigenvalue weighted by molar-refractivity contribution is 6.05. The Balaban J connectivity index is 1.71. The highest BCUT2D eigenvalue weighted by Crippen LogP contribution is 2.31. The van der Waals surface area contributed by atoms with Gasteiger partial charge in [-0.2, -0.15) is 0 Å². The number of ether oxygens (including phenoxy) is 1. The molecule has 0 fully saturated rings. The van der Waals surface area contributed by atoms with Gasteiger partial charge in [-0.1, -0.05) is 5.16 Å².